The van der Waals surface area contributed by atoms with Gasteiger partial charge in [0, 0.05) is 6.54 Å². The van der Waals surface area contributed by atoms with Gasteiger partial charge in [0.05, 0.1) is 6.61 Å². The molecule has 0 bridgehead atoms. The first kappa shape index (κ1) is 14.9. The second kappa shape index (κ2) is 12.0. The van der Waals surface area contributed by atoms with Crippen LogP contribution in [0.4, 0.5) is 0 Å². The van der Waals surface area contributed by atoms with Crippen molar-refractivity contribution < 1.29 is 5.11 Å². The zero-order valence-electron chi connectivity index (χ0n) is 10.7. The molecule has 2 heteroatoms. The summed E-state index contributed by atoms with van der Waals surface area (Å²) in [6.07, 6.45) is 9.57. The number of hydrogen-bond acceptors (Lipinski definition) is 2. The van der Waals surface area contributed by atoms with Crippen molar-refractivity contribution in [1.82, 2.24) is 4.90 Å². The molecule has 0 heterocycles. The van der Waals surface area contributed by atoms with Gasteiger partial charge in [0.1, 0.15) is 0 Å². The maximum atomic E-state index is 8.83. The van der Waals surface area contributed by atoms with Crippen molar-refractivity contribution in [3.05, 3.63) is 0 Å². The van der Waals surface area contributed by atoms with E-state index in [0.29, 0.717) is 6.61 Å². The highest BCUT2D eigenvalue weighted by Gasteiger charge is 1.99. The quantitative estimate of drug-likeness (QED) is 0.535. The fraction of sp³-hybridized carbons (Fsp3) is 1.00. The van der Waals surface area contributed by atoms with Gasteiger partial charge in [-0.05, 0) is 19.5 Å². The second-order valence-electron chi connectivity index (χ2n) is 4.28. The van der Waals surface area contributed by atoms with E-state index in [1.54, 1.807) is 0 Å². The third-order valence-corrected chi connectivity index (χ3v) is 2.94. The highest BCUT2D eigenvalue weighted by atomic mass is 16.3. The summed E-state index contributed by atoms with van der Waals surface area (Å²) in [5.74, 6) is 0. The minimum absolute atomic E-state index is 0.296. The Bertz CT molecular complexity index is 117. The molecular weight excluding hydrogens is 186 g/mol. The first-order chi connectivity index (χ1) is 7.35. The summed E-state index contributed by atoms with van der Waals surface area (Å²) in [6, 6.07) is 0. The van der Waals surface area contributed by atoms with Crippen molar-refractivity contribution in [3.8, 4) is 0 Å². The van der Waals surface area contributed by atoms with E-state index >= 15 is 0 Å². The van der Waals surface area contributed by atoms with Crippen LogP contribution in [0.1, 0.15) is 58.8 Å². The SMILES string of the molecule is CCCCCCCCCN(CC)CCO. The van der Waals surface area contributed by atoms with Crippen molar-refractivity contribution in [1.29, 1.82) is 0 Å². The molecule has 0 saturated carbocycles. The summed E-state index contributed by atoms with van der Waals surface area (Å²) in [4.78, 5) is 2.33. The molecule has 0 radical (unpaired) electrons. The highest BCUT2D eigenvalue weighted by Crippen LogP contribution is 2.07. The van der Waals surface area contributed by atoms with Crippen molar-refractivity contribution in [3.63, 3.8) is 0 Å². The third-order valence-electron chi connectivity index (χ3n) is 2.94. The minimum atomic E-state index is 0.296. The van der Waals surface area contributed by atoms with Crippen LogP contribution >= 0.6 is 0 Å². The highest BCUT2D eigenvalue weighted by molar-refractivity contribution is 4.55. The normalized spacial score (nSPS) is 11.2. The molecule has 0 atom stereocenters. The van der Waals surface area contributed by atoms with Crippen molar-refractivity contribution in [2.45, 2.75) is 58.8 Å². The van der Waals surface area contributed by atoms with Gasteiger partial charge >= 0.3 is 0 Å². The van der Waals surface area contributed by atoms with E-state index in [4.69, 9.17) is 5.11 Å². The summed E-state index contributed by atoms with van der Waals surface area (Å²) < 4.78 is 0. The Labute approximate surface area is 95.7 Å². The monoisotopic (exact) mass is 215 g/mol. The van der Waals surface area contributed by atoms with E-state index in [1.807, 2.05) is 0 Å². The number of hydrogen-bond donors (Lipinski definition) is 1. The Kier molecular flexibility index (Phi) is 11.9. The van der Waals surface area contributed by atoms with Crippen molar-refractivity contribution in [2.75, 3.05) is 26.2 Å². The predicted molar refractivity (Wildman–Crippen MR) is 67.2 cm³/mol. The molecule has 0 amide bonds. The van der Waals surface area contributed by atoms with Gasteiger partial charge in [-0.2, -0.15) is 0 Å². The molecule has 0 saturated heterocycles. The summed E-state index contributed by atoms with van der Waals surface area (Å²) in [5, 5.41) is 8.83. The smallest absolute Gasteiger partial charge is 0.0558 e. The standard InChI is InChI=1S/C13H29NO/c1-3-5-6-7-8-9-10-11-14(4-2)12-13-15/h15H,3-13H2,1-2H3. The Morgan fingerprint density at radius 2 is 1.40 bits per heavy atom. The number of rotatable bonds is 11. The lowest BCUT2D eigenvalue weighted by Gasteiger charge is -2.18. The first-order valence-electron chi connectivity index (χ1n) is 6.68. The number of nitrogens with zero attached hydrogens (tertiary/aromatic N) is 1. The van der Waals surface area contributed by atoms with Crippen LogP contribution in [0, 0.1) is 0 Å². The Balaban J connectivity index is 3.14. The molecule has 0 unspecified atom stereocenters. The van der Waals surface area contributed by atoms with Gasteiger partial charge in [0.25, 0.3) is 0 Å². The molecule has 2 nitrogen and oxygen atoms in total. The molecule has 0 rings (SSSR count). The lowest BCUT2D eigenvalue weighted by molar-refractivity contribution is 0.199. The topological polar surface area (TPSA) is 23.5 Å². The van der Waals surface area contributed by atoms with Gasteiger partial charge < -0.3 is 10.0 Å². The largest absolute Gasteiger partial charge is 0.395 e. The van der Waals surface area contributed by atoms with Gasteiger partial charge in [-0.25, -0.2) is 0 Å². The molecule has 0 aliphatic carbocycles. The predicted octanol–water partition coefficient (Wildman–Crippen LogP) is 3.05. The Hall–Kier alpha value is -0.0800. The van der Waals surface area contributed by atoms with Gasteiger partial charge in [0.2, 0.25) is 0 Å². The number of aliphatic hydroxyl groups is 1. The first-order valence-corrected chi connectivity index (χ1v) is 6.68. The van der Waals surface area contributed by atoms with Gasteiger partial charge in [-0.15, -0.1) is 0 Å². The minimum Gasteiger partial charge on any atom is -0.395 e. The summed E-state index contributed by atoms with van der Waals surface area (Å²) in [5.41, 5.74) is 0. The summed E-state index contributed by atoms with van der Waals surface area (Å²) in [7, 11) is 0. The Morgan fingerprint density at radius 1 is 0.800 bits per heavy atom. The van der Waals surface area contributed by atoms with E-state index in [9.17, 15) is 0 Å². The van der Waals surface area contributed by atoms with Gasteiger partial charge in [0.15, 0.2) is 0 Å². The van der Waals surface area contributed by atoms with Gasteiger partial charge in [-0.1, -0.05) is 52.4 Å². The average molecular weight is 215 g/mol. The van der Waals surface area contributed by atoms with E-state index in [-0.39, 0.29) is 0 Å². The van der Waals surface area contributed by atoms with Crippen LogP contribution in [0.25, 0.3) is 0 Å². The fourth-order valence-corrected chi connectivity index (χ4v) is 1.86. The van der Waals surface area contributed by atoms with Crippen LogP contribution in [0.15, 0.2) is 0 Å². The average Bonchev–Trinajstić information content (AvgIpc) is 2.26. The maximum Gasteiger partial charge on any atom is 0.0558 e. The van der Waals surface area contributed by atoms with E-state index in [1.165, 1.54) is 44.9 Å². The molecule has 15 heavy (non-hydrogen) atoms. The lowest BCUT2D eigenvalue weighted by Crippen LogP contribution is -2.27. The van der Waals surface area contributed by atoms with Crippen LogP contribution in [0.3, 0.4) is 0 Å². The van der Waals surface area contributed by atoms with Crippen LogP contribution < -0.4 is 0 Å². The molecular formula is C13H29NO. The molecule has 0 fully saturated rings. The van der Waals surface area contributed by atoms with Gasteiger partial charge in [-0.3, -0.25) is 0 Å². The third kappa shape index (κ3) is 10.2. The van der Waals surface area contributed by atoms with Crippen LogP contribution in [-0.4, -0.2) is 36.2 Å². The van der Waals surface area contributed by atoms with Crippen molar-refractivity contribution in [2.24, 2.45) is 0 Å². The second-order valence-corrected chi connectivity index (χ2v) is 4.28. The molecule has 0 aromatic rings. The molecule has 0 spiro atoms. The van der Waals surface area contributed by atoms with Crippen LogP contribution in [-0.2, 0) is 0 Å². The van der Waals surface area contributed by atoms with E-state index < -0.39 is 0 Å². The fourth-order valence-electron chi connectivity index (χ4n) is 1.86. The summed E-state index contributed by atoms with van der Waals surface area (Å²) in [6.45, 7) is 7.78. The summed E-state index contributed by atoms with van der Waals surface area (Å²) >= 11 is 0. The zero-order valence-corrected chi connectivity index (χ0v) is 10.7. The number of likely N-dealkylation sites (N-methyl/N-ethyl adjacent to an activating group) is 1. The number of unbranched alkanes of at least 4 members (excludes halogenated alkanes) is 6. The zero-order chi connectivity index (χ0) is 11.4. The van der Waals surface area contributed by atoms with Crippen LogP contribution in [0.5, 0.6) is 0 Å². The molecule has 92 valence electrons. The maximum absolute atomic E-state index is 8.83. The molecule has 1 N–H and O–H groups in total. The van der Waals surface area contributed by atoms with Crippen molar-refractivity contribution >= 4 is 0 Å². The lowest BCUT2D eigenvalue weighted by atomic mass is 10.1. The Morgan fingerprint density at radius 3 is 1.93 bits per heavy atom. The van der Waals surface area contributed by atoms with Crippen LogP contribution in [0.2, 0.25) is 0 Å². The molecule has 0 aliphatic rings. The van der Waals surface area contributed by atoms with E-state index in [0.717, 1.165) is 19.6 Å². The number of aliphatic hydroxyl groups excluding tert-OH is 1. The molecule has 0 aliphatic heterocycles. The molecule has 0 aromatic heterocycles. The van der Waals surface area contributed by atoms with E-state index in [2.05, 4.69) is 18.7 Å². The molecule has 0 aromatic carbocycles.